The van der Waals surface area contributed by atoms with Crippen molar-refractivity contribution in [3.05, 3.63) is 23.8 Å². The molecule has 162 valence electrons. The van der Waals surface area contributed by atoms with Gasteiger partial charge in [0.25, 0.3) is 0 Å². The van der Waals surface area contributed by atoms with E-state index in [1.165, 1.54) is 89.0 Å². The smallest absolute Gasteiger partial charge is 0.123 e. The molecule has 2 nitrogen and oxygen atoms in total. The molecule has 2 heteroatoms. The second-order valence-electron chi connectivity index (χ2n) is 9.45. The largest absolute Gasteiger partial charge is 0.493 e. The first kappa shape index (κ1) is 24.9. The van der Waals surface area contributed by atoms with E-state index in [-0.39, 0.29) is 5.41 Å². The SMILES string of the molecule is CCCCCCCCCCCCCCCCOc1ccc(N)cc1C(C)(C)C. The van der Waals surface area contributed by atoms with E-state index in [1.807, 2.05) is 12.1 Å². The van der Waals surface area contributed by atoms with Crippen LogP contribution < -0.4 is 10.5 Å². The van der Waals surface area contributed by atoms with Gasteiger partial charge in [0.15, 0.2) is 0 Å². The quantitative estimate of drug-likeness (QED) is 0.227. The molecule has 28 heavy (non-hydrogen) atoms. The van der Waals surface area contributed by atoms with Crippen LogP contribution in [0.1, 0.15) is 123 Å². The Morgan fingerprint density at radius 3 is 1.64 bits per heavy atom. The standard InChI is InChI=1S/C26H47NO/c1-5-6-7-8-9-10-11-12-13-14-15-16-17-18-21-28-25-20-19-23(27)22-24(25)26(2,3)4/h19-20,22H,5-18,21,27H2,1-4H3. The van der Waals surface area contributed by atoms with E-state index >= 15 is 0 Å². The highest BCUT2D eigenvalue weighted by atomic mass is 16.5. The van der Waals surface area contributed by atoms with Crippen molar-refractivity contribution in [3.8, 4) is 5.75 Å². The first-order valence-corrected chi connectivity index (χ1v) is 12.0. The minimum atomic E-state index is 0.0558. The highest BCUT2D eigenvalue weighted by molar-refractivity contribution is 5.50. The number of benzene rings is 1. The minimum Gasteiger partial charge on any atom is -0.493 e. The molecule has 1 aromatic carbocycles. The number of nitrogen functional groups attached to an aromatic ring is 1. The Labute approximate surface area is 175 Å². The van der Waals surface area contributed by atoms with Crippen LogP contribution in [0.2, 0.25) is 0 Å². The number of ether oxygens (including phenoxy) is 1. The molecular formula is C26H47NO. The molecule has 0 unspecified atom stereocenters. The fourth-order valence-electron chi connectivity index (χ4n) is 3.74. The summed E-state index contributed by atoms with van der Waals surface area (Å²) in [5.74, 6) is 0.997. The Kier molecular flexibility index (Phi) is 13.1. The zero-order valence-corrected chi connectivity index (χ0v) is 19.3. The van der Waals surface area contributed by atoms with Gasteiger partial charge in [-0.15, -0.1) is 0 Å². The van der Waals surface area contributed by atoms with E-state index in [2.05, 4.69) is 33.8 Å². The molecule has 0 bridgehead atoms. The van der Waals surface area contributed by atoms with Crippen LogP contribution in [0.3, 0.4) is 0 Å². The van der Waals surface area contributed by atoms with E-state index in [0.29, 0.717) is 0 Å². The Morgan fingerprint density at radius 2 is 1.18 bits per heavy atom. The summed E-state index contributed by atoms with van der Waals surface area (Å²) in [6.07, 6.45) is 19.4. The topological polar surface area (TPSA) is 35.2 Å². The van der Waals surface area contributed by atoms with Gasteiger partial charge < -0.3 is 10.5 Å². The van der Waals surface area contributed by atoms with Gasteiger partial charge in [0.05, 0.1) is 6.61 Å². The van der Waals surface area contributed by atoms with Crippen molar-refractivity contribution in [2.75, 3.05) is 12.3 Å². The van der Waals surface area contributed by atoms with Crippen molar-refractivity contribution >= 4 is 5.69 Å². The van der Waals surface area contributed by atoms with E-state index in [9.17, 15) is 0 Å². The summed E-state index contributed by atoms with van der Waals surface area (Å²) in [5.41, 5.74) is 8.03. The number of hydrogen-bond donors (Lipinski definition) is 1. The third-order valence-corrected chi connectivity index (χ3v) is 5.57. The van der Waals surface area contributed by atoms with Crippen LogP contribution in [0.25, 0.3) is 0 Å². The molecule has 0 saturated carbocycles. The van der Waals surface area contributed by atoms with Gasteiger partial charge >= 0.3 is 0 Å². The number of rotatable bonds is 16. The van der Waals surface area contributed by atoms with Gasteiger partial charge in [0.2, 0.25) is 0 Å². The second-order valence-corrected chi connectivity index (χ2v) is 9.45. The monoisotopic (exact) mass is 389 g/mol. The van der Waals surface area contributed by atoms with Gasteiger partial charge in [-0.25, -0.2) is 0 Å². The summed E-state index contributed by atoms with van der Waals surface area (Å²) in [7, 11) is 0. The third kappa shape index (κ3) is 11.6. The number of unbranched alkanes of at least 4 members (excludes halogenated alkanes) is 13. The van der Waals surface area contributed by atoms with E-state index in [1.54, 1.807) is 0 Å². The van der Waals surface area contributed by atoms with Crippen molar-refractivity contribution in [3.63, 3.8) is 0 Å². The van der Waals surface area contributed by atoms with E-state index < -0.39 is 0 Å². The zero-order valence-electron chi connectivity index (χ0n) is 19.3. The van der Waals surface area contributed by atoms with Crippen molar-refractivity contribution in [2.45, 2.75) is 123 Å². The van der Waals surface area contributed by atoms with Crippen LogP contribution in [-0.4, -0.2) is 6.61 Å². The number of anilines is 1. The average molecular weight is 390 g/mol. The van der Waals surface area contributed by atoms with Crippen LogP contribution in [0.4, 0.5) is 5.69 Å². The van der Waals surface area contributed by atoms with Crippen LogP contribution in [0.5, 0.6) is 5.75 Å². The lowest BCUT2D eigenvalue weighted by atomic mass is 9.86. The molecule has 0 aromatic heterocycles. The van der Waals surface area contributed by atoms with Gasteiger partial charge in [-0.2, -0.15) is 0 Å². The minimum absolute atomic E-state index is 0.0558. The Bertz CT molecular complexity index is 504. The fourth-order valence-corrected chi connectivity index (χ4v) is 3.74. The van der Waals surface area contributed by atoms with Gasteiger partial charge in [-0.3, -0.25) is 0 Å². The second kappa shape index (κ2) is 14.8. The maximum Gasteiger partial charge on any atom is 0.123 e. The Morgan fingerprint density at radius 1 is 0.714 bits per heavy atom. The van der Waals surface area contributed by atoms with Gasteiger partial charge in [-0.1, -0.05) is 111 Å². The Hall–Kier alpha value is -1.18. The molecule has 0 aliphatic heterocycles. The normalized spacial score (nSPS) is 11.7. The molecule has 0 spiro atoms. The first-order valence-electron chi connectivity index (χ1n) is 12.0. The van der Waals surface area contributed by atoms with E-state index in [0.717, 1.165) is 24.5 Å². The molecule has 1 aromatic rings. The van der Waals surface area contributed by atoms with Gasteiger partial charge in [0.1, 0.15) is 5.75 Å². The highest BCUT2D eigenvalue weighted by Crippen LogP contribution is 2.33. The van der Waals surface area contributed by atoms with Gasteiger partial charge in [0, 0.05) is 11.3 Å². The summed E-state index contributed by atoms with van der Waals surface area (Å²) < 4.78 is 6.07. The Balaban J connectivity index is 1.99. The van der Waals surface area contributed by atoms with Crippen molar-refractivity contribution in [2.24, 2.45) is 0 Å². The summed E-state index contributed by atoms with van der Waals surface area (Å²) in [6.45, 7) is 9.73. The fraction of sp³-hybridized carbons (Fsp3) is 0.769. The molecular weight excluding hydrogens is 342 g/mol. The molecule has 0 heterocycles. The lowest BCUT2D eigenvalue weighted by Gasteiger charge is -2.23. The predicted octanol–water partition coefficient (Wildman–Crippen LogP) is 8.43. The molecule has 0 saturated heterocycles. The molecule has 0 amide bonds. The summed E-state index contributed by atoms with van der Waals surface area (Å²) in [6, 6.07) is 6.02. The highest BCUT2D eigenvalue weighted by Gasteiger charge is 2.19. The van der Waals surface area contributed by atoms with Crippen molar-refractivity contribution in [1.82, 2.24) is 0 Å². The van der Waals surface area contributed by atoms with Crippen molar-refractivity contribution in [1.29, 1.82) is 0 Å². The van der Waals surface area contributed by atoms with Crippen LogP contribution in [0, 0.1) is 0 Å². The summed E-state index contributed by atoms with van der Waals surface area (Å²) in [5, 5.41) is 0. The van der Waals surface area contributed by atoms with Gasteiger partial charge in [-0.05, 0) is 30.0 Å². The molecule has 0 aliphatic rings. The zero-order chi connectivity index (χ0) is 20.7. The lowest BCUT2D eigenvalue weighted by molar-refractivity contribution is 0.296. The molecule has 0 atom stereocenters. The maximum atomic E-state index is 6.07. The predicted molar refractivity (Wildman–Crippen MR) is 125 cm³/mol. The third-order valence-electron chi connectivity index (χ3n) is 5.57. The molecule has 0 aliphatic carbocycles. The van der Waals surface area contributed by atoms with Crippen molar-refractivity contribution < 1.29 is 4.74 Å². The van der Waals surface area contributed by atoms with Crippen LogP contribution in [0.15, 0.2) is 18.2 Å². The van der Waals surface area contributed by atoms with E-state index in [4.69, 9.17) is 10.5 Å². The molecule has 1 rings (SSSR count). The molecule has 0 fully saturated rings. The summed E-state index contributed by atoms with van der Waals surface area (Å²) >= 11 is 0. The van der Waals surface area contributed by atoms with Crippen LogP contribution >= 0.6 is 0 Å². The number of hydrogen-bond acceptors (Lipinski definition) is 2. The molecule has 0 radical (unpaired) electrons. The summed E-state index contributed by atoms with van der Waals surface area (Å²) in [4.78, 5) is 0. The lowest BCUT2D eigenvalue weighted by Crippen LogP contribution is -2.14. The first-order chi connectivity index (χ1) is 13.4. The molecule has 2 N–H and O–H groups in total. The number of nitrogens with two attached hydrogens (primary N) is 1. The van der Waals surface area contributed by atoms with Crippen LogP contribution in [-0.2, 0) is 5.41 Å². The maximum absolute atomic E-state index is 6.07. The average Bonchev–Trinajstić information content (AvgIpc) is 2.65.